The maximum atomic E-state index is 16.4. The molecule has 2 fully saturated rings. The standard InChI is InChI=1S/C44H41F2NO5/c1-48-30-11-7-27(8-12-30)44(28-9-13-31(49-2)14-10-28)18-15-32-41-39(35-23-29(45)24-36(46)40(35)43(41)16-5-4-6-17-43)33-25-37(47-19-21-51-22-20-47)38(50-3)26-34(33)42(32)52-44/h7-15,18,23-26H,4-6,16-17,19-22H2,1-3H3. The Hall–Kier alpha value is -5.08. The Morgan fingerprint density at radius 3 is 1.98 bits per heavy atom. The Kier molecular flexibility index (Phi) is 7.92. The highest BCUT2D eigenvalue weighted by Crippen LogP contribution is 2.63. The Bertz CT molecular complexity index is 2170. The van der Waals surface area contributed by atoms with Crippen LogP contribution in [-0.4, -0.2) is 47.6 Å². The van der Waals surface area contributed by atoms with Crippen LogP contribution >= 0.6 is 0 Å². The summed E-state index contributed by atoms with van der Waals surface area (Å²) in [6.07, 6.45) is 8.80. The summed E-state index contributed by atoms with van der Waals surface area (Å²) in [4.78, 5) is 2.27. The number of anilines is 1. The molecule has 52 heavy (non-hydrogen) atoms. The monoisotopic (exact) mass is 701 g/mol. The van der Waals surface area contributed by atoms with Crippen LogP contribution in [-0.2, 0) is 15.8 Å². The van der Waals surface area contributed by atoms with Gasteiger partial charge in [0.2, 0.25) is 0 Å². The van der Waals surface area contributed by atoms with Crippen molar-refractivity contribution < 1.29 is 32.5 Å². The number of rotatable bonds is 6. The SMILES string of the molecule is COc1ccc(C2(c3ccc(OC)cc3)C=Cc3c4c(c5cc(N6CCOCC6)c(OC)cc5c3O2)-c2cc(F)cc(F)c2C42CCCCC2)cc1. The van der Waals surface area contributed by atoms with Gasteiger partial charge in [-0.25, -0.2) is 8.78 Å². The molecule has 2 heterocycles. The van der Waals surface area contributed by atoms with E-state index in [2.05, 4.69) is 23.1 Å². The second kappa shape index (κ2) is 12.6. The molecule has 9 rings (SSSR count). The molecule has 0 unspecified atom stereocenters. The van der Waals surface area contributed by atoms with Crippen molar-refractivity contribution in [3.8, 4) is 34.1 Å². The molecule has 1 saturated heterocycles. The van der Waals surface area contributed by atoms with E-state index in [-0.39, 0.29) is 0 Å². The number of ether oxygens (including phenoxy) is 5. The van der Waals surface area contributed by atoms with Gasteiger partial charge in [0, 0.05) is 52.2 Å². The lowest BCUT2D eigenvalue weighted by Gasteiger charge is -2.41. The van der Waals surface area contributed by atoms with Gasteiger partial charge in [-0.2, -0.15) is 0 Å². The highest BCUT2D eigenvalue weighted by atomic mass is 19.1. The summed E-state index contributed by atoms with van der Waals surface area (Å²) >= 11 is 0. The molecule has 6 nitrogen and oxygen atoms in total. The van der Waals surface area contributed by atoms with Gasteiger partial charge in [0.1, 0.15) is 34.6 Å². The van der Waals surface area contributed by atoms with Crippen LogP contribution in [0.15, 0.2) is 78.9 Å². The fourth-order valence-electron chi connectivity index (χ4n) is 9.34. The second-order valence-corrected chi connectivity index (χ2v) is 14.2. The molecule has 1 saturated carbocycles. The van der Waals surface area contributed by atoms with Crippen LogP contribution < -0.4 is 23.8 Å². The smallest absolute Gasteiger partial charge is 0.178 e. The van der Waals surface area contributed by atoms with Crippen LogP contribution in [0, 0.1) is 11.6 Å². The predicted octanol–water partition coefficient (Wildman–Crippen LogP) is 9.56. The highest BCUT2D eigenvalue weighted by Gasteiger charge is 2.50. The van der Waals surface area contributed by atoms with E-state index in [1.54, 1.807) is 21.3 Å². The first-order valence-electron chi connectivity index (χ1n) is 18.1. The first-order valence-corrected chi connectivity index (χ1v) is 18.1. The molecule has 0 aromatic heterocycles. The average Bonchev–Trinajstić information content (AvgIpc) is 3.46. The third kappa shape index (κ3) is 4.83. The number of hydrogen-bond donors (Lipinski definition) is 0. The van der Waals surface area contributed by atoms with Crippen molar-refractivity contribution in [2.24, 2.45) is 0 Å². The maximum absolute atomic E-state index is 16.4. The number of morpholine rings is 1. The van der Waals surface area contributed by atoms with E-state index >= 15 is 8.78 Å². The fourth-order valence-corrected chi connectivity index (χ4v) is 9.34. The number of hydrogen-bond acceptors (Lipinski definition) is 6. The molecule has 1 spiro atoms. The molecule has 4 aliphatic rings. The van der Waals surface area contributed by atoms with Gasteiger partial charge in [-0.05, 0) is 83.5 Å². The quantitative estimate of drug-likeness (QED) is 0.176. The molecule has 5 aromatic carbocycles. The lowest BCUT2D eigenvalue weighted by atomic mass is 9.66. The molecule has 0 atom stereocenters. The third-order valence-corrected chi connectivity index (χ3v) is 11.7. The first kappa shape index (κ1) is 32.8. The number of benzene rings is 5. The fraction of sp³-hybridized carbons (Fsp3) is 0.318. The summed E-state index contributed by atoms with van der Waals surface area (Å²) in [6, 6.07) is 22.7. The summed E-state index contributed by atoms with van der Waals surface area (Å²) < 4.78 is 62.1. The zero-order valence-electron chi connectivity index (χ0n) is 29.7. The molecular weight excluding hydrogens is 660 g/mol. The van der Waals surface area contributed by atoms with Gasteiger partial charge in [-0.1, -0.05) is 49.6 Å². The average molecular weight is 702 g/mol. The number of methoxy groups -OCH3 is 3. The maximum Gasteiger partial charge on any atom is 0.178 e. The zero-order valence-corrected chi connectivity index (χ0v) is 29.7. The van der Waals surface area contributed by atoms with Crippen LogP contribution in [0.4, 0.5) is 14.5 Å². The summed E-state index contributed by atoms with van der Waals surface area (Å²) in [7, 11) is 4.99. The topological polar surface area (TPSA) is 49.4 Å². The highest BCUT2D eigenvalue weighted by molar-refractivity contribution is 6.10. The minimum atomic E-state index is -1.04. The summed E-state index contributed by atoms with van der Waals surface area (Å²) in [5, 5.41) is 1.71. The first-order chi connectivity index (χ1) is 25.4. The molecule has 0 amide bonds. The van der Waals surface area contributed by atoms with E-state index in [1.165, 1.54) is 6.07 Å². The predicted molar refractivity (Wildman–Crippen MR) is 199 cm³/mol. The van der Waals surface area contributed by atoms with Crippen LogP contribution in [0.1, 0.15) is 59.9 Å². The minimum Gasteiger partial charge on any atom is -0.497 e. The Labute approximate surface area is 302 Å². The van der Waals surface area contributed by atoms with Crippen molar-refractivity contribution in [2.45, 2.75) is 43.1 Å². The Morgan fingerprint density at radius 2 is 1.37 bits per heavy atom. The van der Waals surface area contributed by atoms with Gasteiger partial charge in [-0.3, -0.25) is 0 Å². The van der Waals surface area contributed by atoms with Gasteiger partial charge in [0.05, 0.1) is 40.2 Å². The Balaban J connectivity index is 1.38. The normalized spacial score (nSPS) is 18.1. The van der Waals surface area contributed by atoms with Crippen LogP contribution in [0.3, 0.4) is 0 Å². The van der Waals surface area contributed by atoms with Gasteiger partial charge in [-0.15, -0.1) is 0 Å². The van der Waals surface area contributed by atoms with Crippen molar-refractivity contribution >= 4 is 22.5 Å². The van der Waals surface area contributed by atoms with Crippen molar-refractivity contribution in [1.82, 2.24) is 0 Å². The van der Waals surface area contributed by atoms with E-state index in [9.17, 15) is 0 Å². The summed E-state index contributed by atoms with van der Waals surface area (Å²) in [5.41, 5.74) is 5.15. The van der Waals surface area contributed by atoms with Crippen LogP contribution in [0.5, 0.6) is 23.0 Å². The molecule has 8 heteroatoms. The van der Waals surface area contributed by atoms with Crippen molar-refractivity contribution in [1.29, 1.82) is 0 Å². The van der Waals surface area contributed by atoms with Gasteiger partial charge in [0.15, 0.2) is 5.60 Å². The molecule has 2 aliphatic carbocycles. The number of halogens is 2. The molecular formula is C44H41F2NO5. The lowest BCUT2D eigenvalue weighted by molar-refractivity contribution is 0.122. The van der Waals surface area contributed by atoms with Gasteiger partial charge in [0.25, 0.3) is 0 Å². The van der Waals surface area contributed by atoms with Crippen molar-refractivity contribution in [2.75, 3.05) is 52.5 Å². The molecule has 0 radical (unpaired) electrons. The molecule has 5 aromatic rings. The second-order valence-electron chi connectivity index (χ2n) is 14.2. The van der Waals surface area contributed by atoms with Gasteiger partial charge >= 0.3 is 0 Å². The minimum absolute atomic E-state index is 0.483. The van der Waals surface area contributed by atoms with E-state index in [4.69, 9.17) is 23.7 Å². The van der Waals surface area contributed by atoms with E-state index < -0.39 is 22.7 Å². The number of fused-ring (bicyclic) bond motifs is 10. The van der Waals surface area contributed by atoms with Crippen molar-refractivity contribution in [3.05, 3.63) is 118 Å². The molecule has 2 aliphatic heterocycles. The third-order valence-electron chi connectivity index (χ3n) is 11.7. The summed E-state index contributed by atoms with van der Waals surface area (Å²) in [6.45, 7) is 2.62. The van der Waals surface area contributed by atoms with E-state index in [1.807, 2.05) is 54.6 Å². The zero-order chi connectivity index (χ0) is 35.6. The number of nitrogens with zero attached hydrogens (tertiary/aromatic N) is 1. The van der Waals surface area contributed by atoms with Gasteiger partial charge < -0.3 is 28.6 Å². The molecule has 266 valence electrons. The largest absolute Gasteiger partial charge is 0.497 e. The van der Waals surface area contributed by atoms with E-state index in [0.717, 1.165) is 93.9 Å². The van der Waals surface area contributed by atoms with Crippen molar-refractivity contribution in [3.63, 3.8) is 0 Å². The summed E-state index contributed by atoms with van der Waals surface area (Å²) in [5.74, 6) is 1.81. The van der Waals surface area contributed by atoms with E-state index in [0.29, 0.717) is 48.9 Å². The molecule has 0 N–H and O–H groups in total. The lowest BCUT2D eigenvalue weighted by Crippen LogP contribution is -2.36. The van der Waals surface area contributed by atoms with Crippen LogP contribution in [0.2, 0.25) is 0 Å². The Morgan fingerprint density at radius 1 is 0.712 bits per heavy atom. The van der Waals surface area contributed by atoms with Crippen LogP contribution in [0.25, 0.3) is 28.0 Å². The molecule has 0 bridgehead atoms.